The first-order valence-corrected chi connectivity index (χ1v) is 9.94. The molecule has 0 saturated carbocycles. The maximum absolute atomic E-state index is 5.33. The van der Waals surface area contributed by atoms with Crippen molar-refractivity contribution < 1.29 is 4.90 Å². The molecule has 0 unspecified atom stereocenters. The third-order valence-electron chi connectivity index (χ3n) is 2.78. The van der Waals surface area contributed by atoms with Crippen molar-refractivity contribution in [1.82, 2.24) is 0 Å². The summed E-state index contributed by atoms with van der Waals surface area (Å²) in [6.45, 7) is 10.5. The summed E-state index contributed by atoms with van der Waals surface area (Å²) >= 11 is 12.6. The molecule has 7 heteroatoms. The average molecular weight is 357 g/mol. The summed E-state index contributed by atoms with van der Waals surface area (Å²) in [4.78, 5) is 1.68. The third-order valence-corrected chi connectivity index (χ3v) is 5.04. The van der Waals surface area contributed by atoms with Crippen molar-refractivity contribution in [3.63, 3.8) is 0 Å². The van der Waals surface area contributed by atoms with Gasteiger partial charge in [-0.2, -0.15) is 0 Å². The van der Waals surface area contributed by atoms with Crippen LogP contribution in [0.4, 0.5) is 0 Å². The second-order valence-corrected chi connectivity index (χ2v) is 7.88. The van der Waals surface area contributed by atoms with Crippen LogP contribution in [0.15, 0.2) is 0 Å². The van der Waals surface area contributed by atoms with Crippen molar-refractivity contribution in [3.8, 4) is 0 Å². The minimum Gasteiger partial charge on any atom is -0.385 e. The number of nitrogens with one attached hydrogen (secondary N) is 1. The first-order valence-electron chi connectivity index (χ1n) is 7.15. The van der Waals surface area contributed by atoms with E-state index in [4.69, 9.17) is 35.9 Å². The number of thioether (sulfide) groups is 2. The van der Waals surface area contributed by atoms with Gasteiger partial charge in [-0.15, -0.1) is 0 Å². The Hall–Kier alpha value is 0.440. The molecule has 0 bridgehead atoms. The summed E-state index contributed by atoms with van der Waals surface area (Å²) in [6.07, 6.45) is 3.49. The van der Waals surface area contributed by atoms with Gasteiger partial charge in [0.2, 0.25) is 0 Å². The van der Waals surface area contributed by atoms with E-state index in [-0.39, 0.29) is 0 Å². The number of quaternary nitrogens is 1. The smallest absolute Gasteiger partial charge is 0.131 e. The average Bonchev–Trinajstić information content (AvgIpc) is 2.40. The van der Waals surface area contributed by atoms with E-state index >= 15 is 0 Å². The summed E-state index contributed by atoms with van der Waals surface area (Å²) in [6, 6.07) is 0. The zero-order chi connectivity index (χ0) is 15.8. The molecular weight excluding hydrogens is 326 g/mol. The lowest BCUT2D eigenvalue weighted by molar-refractivity contribution is -0.894. The third kappa shape index (κ3) is 20.8. The maximum Gasteiger partial charge on any atom is 0.131 e. The fraction of sp³-hybridized carbons (Fsp3) is 0.846. The molecule has 0 atom stereocenters. The van der Waals surface area contributed by atoms with Gasteiger partial charge in [0.05, 0.1) is 19.6 Å². The van der Waals surface area contributed by atoms with Gasteiger partial charge in [-0.05, 0) is 33.6 Å². The van der Waals surface area contributed by atoms with Gasteiger partial charge >= 0.3 is 0 Å². The van der Waals surface area contributed by atoms with Crippen LogP contribution in [0.1, 0.15) is 40.0 Å². The molecular formula is C13H30N3S4+. The normalized spacial score (nSPS) is 10.0. The Bertz CT molecular complexity index is 222. The highest BCUT2D eigenvalue weighted by molar-refractivity contribution is 8.23. The molecule has 0 heterocycles. The number of hydrogen-bond acceptors (Lipinski definition) is 4. The Morgan fingerprint density at radius 3 is 1.35 bits per heavy atom. The van der Waals surface area contributed by atoms with Crippen molar-refractivity contribution in [1.29, 1.82) is 0 Å². The van der Waals surface area contributed by atoms with Gasteiger partial charge in [-0.3, -0.25) is 0 Å². The summed E-state index contributed by atoms with van der Waals surface area (Å²) in [7, 11) is 0. The molecule has 5 N–H and O–H groups in total. The second kappa shape index (κ2) is 17.5. The Kier molecular flexibility index (Phi) is 19.9. The van der Waals surface area contributed by atoms with Gasteiger partial charge in [0, 0.05) is 11.5 Å². The molecule has 120 valence electrons. The summed E-state index contributed by atoms with van der Waals surface area (Å²) in [5.74, 6) is 2.04. The Morgan fingerprint density at radius 2 is 1.15 bits per heavy atom. The van der Waals surface area contributed by atoms with E-state index in [1.165, 1.54) is 26.1 Å². The number of nitrogens with two attached hydrogens (primary N) is 2. The van der Waals surface area contributed by atoms with Gasteiger partial charge < -0.3 is 16.4 Å². The zero-order valence-corrected chi connectivity index (χ0v) is 16.2. The zero-order valence-electron chi connectivity index (χ0n) is 12.9. The highest BCUT2D eigenvalue weighted by Crippen LogP contribution is 2.09. The van der Waals surface area contributed by atoms with E-state index in [0.717, 1.165) is 24.3 Å². The van der Waals surface area contributed by atoms with Crippen molar-refractivity contribution >= 4 is 56.6 Å². The van der Waals surface area contributed by atoms with Gasteiger partial charge in [0.25, 0.3) is 0 Å². The summed E-state index contributed by atoms with van der Waals surface area (Å²) in [5.41, 5.74) is 10.7. The van der Waals surface area contributed by atoms with Crippen molar-refractivity contribution in [2.45, 2.75) is 40.0 Å². The van der Waals surface area contributed by atoms with Crippen LogP contribution in [-0.2, 0) is 0 Å². The quantitative estimate of drug-likeness (QED) is 0.434. The number of unbranched alkanes of at least 4 members (excludes halogenated alkanes) is 2. The fourth-order valence-electron chi connectivity index (χ4n) is 1.48. The standard InChI is InChI=1S/C7H14N2S4.C6H15N/c8-6(10)12-4-2-1-3-5-13-7(9)11;1-4-7(5-2)6-3/h1-5H2,(H2,8,10)(H2,9,11);4-6H2,1-3H3/p+1. The van der Waals surface area contributed by atoms with Gasteiger partial charge in [-0.25, -0.2) is 0 Å². The Balaban J connectivity index is 0. The predicted octanol–water partition coefficient (Wildman–Crippen LogP) is 2.04. The molecule has 0 amide bonds. The van der Waals surface area contributed by atoms with Gasteiger partial charge in [-0.1, -0.05) is 54.4 Å². The van der Waals surface area contributed by atoms with Crippen LogP contribution in [0.5, 0.6) is 0 Å². The Labute approximate surface area is 144 Å². The lowest BCUT2D eigenvalue weighted by atomic mass is 10.3. The summed E-state index contributed by atoms with van der Waals surface area (Å²) < 4.78 is 1.08. The Morgan fingerprint density at radius 1 is 0.800 bits per heavy atom. The highest BCUT2D eigenvalue weighted by Gasteiger charge is 1.94. The van der Waals surface area contributed by atoms with Crippen LogP contribution < -0.4 is 16.4 Å². The molecule has 0 aromatic rings. The highest BCUT2D eigenvalue weighted by atomic mass is 32.2. The lowest BCUT2D eigenvalue weighted by Crippen LogP contribution is -3.11. The molecule has 0 fully saturated rings. The van der Waals surface area contributed by atoms with E-state index in [9.17, 15) is 0 Å². The van der Waals surface area contributed by atoms with E-state index in [1.807, 2.05) is 0 Å². The largest absolute Gasteiger partial charge is 0.385 e. The monoisotopic (exact) mass is 356 g/mol. The van der Waals surface area contributed by atoms with E-state index in [2.05, 4.69) is 20.8 Å². The number of hydrogen-bond donors (Lipinski definition) is 3. The van der Waals surface area contributed by atoms with Gasteiger partial charge in [0.15, 0.2) is 0 Å². The first kappa shape index (κ1) is 22.7. The lowest BCUT2D eigenvalue weighted by Gasteiger charge is -2.10. The van der Waals surface area contributed by atoms with Gasteiger partial charge in [0.1, 0.15) is 8.64 Å². The molecule has 0 aliphatic carbocycles. The number of rotatable bonds is 9. The second-order valence-electron chi connectivity index (χ2n) is 4.21. The molecule has 0 aromatic heterocycles. The number of thiocarbonyl (C=S) groups is 2. The van der Waals surface area contributed by atoms with E-state index in [1.54, 1.807) is 28.4 Å². The maximum atomic E-state index is 5.33. The first-order chi connectivity index (χ1) is 9.47. The van der Waals surface area contributed by atoms with Crippen LogP contribution in [-0.4, -0.2) is 39.8 Å². The van der Waals surface area contributed by atoms with Crippen LogP contribution in [0.2, 0.25) is 0 Å². The molecule has 0 aromatic carbocycles. The van der Waals surface area contributed by atoms with E-state index < -0.39 is 0 Å². The van der Waals surface area contributed by atoms with Crippen molar-refractivity contribution in [2.24, 2.45) is 11.5 Å². The predicted molar refractivity (Wildman–Crippen MR) is 105 cm³/mol. The van der Waals surface area contributed by atoms with Crippen molar-refractivity contribution in [2.75, 3.05) is 31.1 Å². The minimum absolute atomic E-state index is 0.539. The fourth-order valence-corrected chi connectivity index (χ4v) is 3.08. The molecule has 0 aliphatic heterocycles. The molecule has 3 nitrogen and oxygen atoms in total. The minimum atomic E-state index is 0.539. The molecule has 0 aliphatic rings. The molecule has 0 saturated heterocycles. The molecule has 0 spiro atoms. The van der Waals surface area contributed by atoms with Crippen LogP contribution >= 0.6 is 48.0 Å². The SMILES string of the molecule is CC[NH+](CC)CC.NC(=S)SCCCCCSC(N)=S. The van der Waals surface area contributed by atoms with Crippen molar-refractivity contribution in [3.05, 3.63) is 0 Å². The summed E-state index contributed by atoms with van der Waals surface area (Å²) in [5, 5.41) is 0. The van der Waals surface area contributed by atoms with Crippen LogP contribution in [0.25, 0.3) is 0 Å². The van der Waals surface area contributed by atoms with Crippen LogP contribution in [0.3, 0.4) is 0 Å². The molecule has 0 rings (SSSR count). The topological polar surface area (TPSA) is 56.5 Å². The molecule has 0 radical (unpaired) electrons. The van der Waals surface area contributed by atoms with E-state index in [0.29, 0.717) is 8.64 Å². The molecule has 20 heavy (non-hydrogen) atoms. The van der Waals surface area contributed by atoms with Crippen LogP contribution in [0, 0.1) is 0 Å².